The summed E-state index contributed by atoms with van der Waals surface area (Å²) >= 11 is 0. The number of likely N-dealkylation sites (tertiary alicyclic amines) is 1. The van der Waals surface area contributed by atoms with E-state index < -0.39 is 64.3 Å². The molecule has 0 bridgehead atoms. The van der Waals surface area contributed by atoms with Gasteiger partial charge in [0, 0.05) is 25.6 Å². The molecule has 0 aromatic heterocycles. The van der Waals surface area contributed by atoms with E-state index in [1.54, 1.807) is 0 Å². The second-order valence-electron chi connectivity index (χ2n) is 6.76. The van der Waals surface area contributed by atoms with E-state index >= 15 is 0 Å². The van der Waals surface area contributed by atoms with Gasteiger partial charge in [0.15, 0.2) is 23.3 Å². The molecule has 0 spiro atoms. The van der Waals surface area contributed by atoms with Crippen LogP contribution in [-0.2, 0) is 15.8 Å². The highest BCUT2D eigenvalue weighted by atomic mass is 19.4. The molecular weight excluding hydrogens is 421 g/mol. The van der Waals surface area contributed by atoms with E-state index in [1.807, 2.05) is 5.32 Å². The fourth-order valence-corrected chi connectivity index (χ4v) is 3.29. The second-order valence-corrected chi connectivity index (χ2v) is 6.76. The Kier molecular flexibility index (Phi) is 5.48. The number of amides is 2. The van der Waals surface area contributed by atoms with Crippen molar-refractivity contribution in [2.24, 2.45) is 5.92 Å². The Morgan fingerprint density at radius 2 is 1.63 bits per heavy atom. The predicted octanol–water partition coefficient (Wildman–Crippen LogP) is 4.07. The Bertz CT molecular complexity index is 1010. The molecule has 0 aliphatic carbocycles. The second kappa shape index (κ2) is 7.62. The quantitative estimate of drug-likeness (QED) is 0.343. The van der Waals surface area contributed by atoms with Crippen molar-refractivity contribution in [3.63, 3.8) is 0 Å². The van der Waals surface area contributed by atoms with Crippen LogP contribution >= 0.6 is 0 Å². The van der Waals surface area contributed by atoms with Crippen LogP contribution in [0.25, 0.3) is 0 Å². The zero-order valence-electron chi connectivity index (χ0n) is 15.2. The number of anilines is 1. The number of halogens is 7. The van der Waals surface area contributed by atoms with Gasteiger partial charge in [-0.15, -0.1) is 0 Å². The lowest BCUT2D eigenvalue weighted by Crippen LogP contribution is -2.33. The molecule has 2 aromatic rings. The van der Waals surface area contributed by atoms with E-state index in [2.05, 4.69) is 0 Å². The molecule has 1 heterocycles. The van der Waals surface area contributed by atoms with Crippen molar-refractivity contribution in [1.82, 2.24) is 4.90 Å². The van der Waals surface area contributed by atoms with Gasteiger partial charge in [0.05, 0.1) is 11.3 Å². The lowest BCUT2D eigenvalue weighted by Gasteiger charge is -2.18. The third-order valence-electron chi connectivity index (χ3n) is 4.82. The van der Waals surface area contributed by atoms with Crippen molar-refractivity contribution in [3.8, 4) is 0 Å². The van der Waals surface area contributed by atoms with E-state index in [9.17, 15) is 40.3 Å². The molecule has 2 aromatic carbocycles. The minimum absolute atomic E-state index is 0.0308. The fraction of sp³-hybridized carbons (Fsp3) is 0.263. The van der Waals surface area contributed by atoms with Crippen molar-refractivity contribution >= 4 is 17.5 Å². The third-order valence-corrected chi connectivity index (χ3v) is 4.82. The normalized spacial score (nSPS) is 19.3. The largest absolute Gasteiger partial charge is 0.416 e. The molecule has 0 radical (unpaired) electrons. The summed E-state index contributed by atoms with van der Waals surface area (Å²) in [5.41, 5.74) is -1.70. The molecule has 2 atom stereocenters. The van der Waals surface area contributed by atoms with Crippen LogP contribution in [0.5, 0.6) is 0 Å². The minimum atomic E-state index is -4.58. The lowest BCUT2D eigenvalue weighted by molar-refractivity contribution is -0.138. The summed E-state index contributed by atoms with van der Waals surface area (Å²) < 4.78 is 91.9. The average molecular weight is 434 g/mol. The molecule has 1 aliphatic heterocycles. The van der Waals surface area contributed by atoms with Crippen LogP contribution in [0.2, 0.25) is 0 Å². The molecule has 1 fully saturated rings. The van der Waals surface area contributed by atoms with Crippen LogP contribution in [0.1, 0.15) is 17.0 Å². The number of nitrogens with one attached hydrogen (secondary N) is 1. The summed E-state index contributed by atoms with van der Waals surface area (Å²) in [7, 11) is 1.35. The van der Waals surface area contributed by atoms with Gasteiger partial charge in [-0.3, -0.25) is 9.59 Å². The fourth-order valence-electron chi connectivity index (χ4n) is 3.29. The summed E-state index contributed by atoms with van der Waals surface area (Å²) in [5.74, 6) is -12.1. The summed E-state index contributed by atoms with van der Waals surface area (Å²) in [6.45, 7) is -0.0308. The number of alkyl halides is 3. The average Bonchev–Trinajstić information content (AvgIpc) is 2.98. The van der Waals surface area contributed by atoms with Crippen LogP contribution in [0.15, 0.2) is 30.3 Å². The number of likely N-dealkylation sites (N-methyl/N-ethyl adjacent to an activating group) is 1. The molecule has 1 saturated heterocycles. The first-order chi connectivity index (χ1) is 13.9. The monoisotopic (exact) mass is 434 g/mol. The van der Waals surface area contributed by atoms with Crippen molar-refractivity contribution in [3.05, 3.63) is 64.7 Å². The number of carbonyl (C=O) groups excluding carboxylic acids is 2. The predicted molar refractivity (Wildman–Crippen MR) is 90.2 cm³/mol. The van der Waals surface area contributed by atoms with Crippen LogP contribution in [0, 0.1) is 29.2 Å². The number of benzene rings is 2. The Morgan fingerprint density at radius 3 is 2.20 bits per heavy atom. The molecule has 160 valence electrons. The van der Waals surface area contributed by atoms with Crippen LogP contribution < -0.4 is 5.32 Å². The molecule has 0 saturated carbocycles. The van der Waals surface area contributed by atoms with Gasteiger partial charge in [0.1, 0.15) is 5.92 Å². The molecule has 0 unspecified atom stereocenters. The summed E-state index contributed by atoms with van der Waals surface area (Å²) in [6.07, 6.45) is -4.58. The Labute approximate surface area is 165 Å². The highest BCUT2D eigenvalue weighted by Gasteiger charge is 2.44. The topological polar surface area (TPSA) is 49.4 Å². The molecule has 3 rings (SSSR count). The first-order valence-corrected chi connectivity index (χ1v) is 8.47. The maximum Gasteiger partial charge on any atom is 0.416 e. The van der Waals surface area contributed by atoms with Crippen LogP contribution in [0.4, 0.5) is 36.4 Å². The molecule has 1 aliphatic rings. The van der Waals surface area contributed by atoms with E-state index in [4.69, 9.17) is 0 Å². The third kappa shape index (κ3) is 3.83. The van der Waals surface area contributed by atoms with Crippen molar-refractivity contribution < 1.29 is 40.3 Å². The van der Waals surface area contributed by atoms with Gasteiger partial charge in [-0.1, -0.05) is 12.1 Å². The Balaban J connectivity index is 1.91. The number of carbonyl (C=O) groups is 2. The molecule has 11 heteroatoms. The lowest BCUT2D eigenvalue weighted by atomic mass is 9.87. The molecule has 4 nitrogen and oxygen atoms in total. The van der Waals surface area contributed by atoms with Gasteiger partial charge >= 0.3 is 6.18 Å². The summed E-state index contributed by atoms with van der Waals surface area (Å²) in [4.78, 5) is 26.1. The number of hydrogen-bond acceptors (Lipinski definition) is 2. The standard InChI is InChI=1S/C19H13F7N2O2/c1-28-7-10(8-2-4-9(5-3-8)19(24,25)26)13(18(28)30)17(29)27-12-6-11(20)14(21)16(23)15(12)22/h2-6,10,13H,7H2,1H3,(H,27,29)/t10-,13+/m0/s1. The van der Waals surface area contributed by atoms with Gasteiger partial charge < -0.3 is 10.2 Å². The highest BCUT2D eigenvalue weighted by molar-refractivity contribution is 6.08. The summed E-state index contributed by atoms with van der Waals surface area (Å²) in [6, 6.07) is 4.02. The van der Waals surface area contributed by atoms with Crippen LogP contribution in [0.3, 0.4) is 0 Å². The van der Waals surface area contributed by atoms with E-state index in [0.29, 0.717) is 0 Å². The van der Waals surface area contributed by atoms with Gasteiger partial charge in [-0.05, 0) is 17.7 Å². The van der Waals surface area contributed by atoms with Crippen molar-refractivity contribution in [1.29, 1.82) is 0 Å². The van der Waals surface area contributed by atoms with E-state index in [1.165, 1.54) is 7.05 Å². The number of rotatable bonds is 3. The van der Waals surface area contributed by atoms with Gasteiger partial charge in [-0.2, -0.15) is 13.2 Å². The SMILES string of the molecule is CN1C[C@@H](c2ccc(C(F)(F)F)cc2)[C@H](C(=O)Nc2cc(F)c(F)c(F)c2F)C1=O. The molecule has 2 amide bonds. The highest BCUT2D eigenvalue weighted by Crippen LogP contribution is 2.36. The Morgan fingerprint density at radius 1 is 1.03 bits per heavy atom. The first kappa shape index (κ1) is 21.6. The molecule has 1 N–H and O–H groups in total. The van der Waals surface area contributed by atoms with Crippen LogP contribution in [-0.4, -0.2) is 30.3 Å². The molecule has 30 heavy (non-hydrogen) atoms. The first-order valence-electron chi connectivity index (χ1n) is 8.47. The zero-order valence-corrected chi connectivity index (χ0v) is 15.2. The van der Waals surface area contributed by atoms with Gasteiger partial charge in [0.25, 0.3) is 0 Å². The maximum absolute atomic E-state index is 13.8. The van der Waals surface area contributed by atoms with Crippen molar-refractivity contribution in [2.75, 3.05) is 18.9 Å². The van der Waals surface area contributed by atoms with Gasteiger partial charge in [0.2, 0.25) is 11.8 Å². The molecular formula is C19H13F7N2O2. The van der Waals surface area contributed by atoms with E-state index in [-0.39, 0.29) is 18.2 Å². The zero-order chi connectivity index (χ0) is 22.4. The smallest absolute Gasteiger partial charge is 0.344 e. The maximum atomic E-state index is 13.8. The van der Waals surface area contributed by atoms with E-state index in [0.717, 1.165) is 29.2 Å². The minimum Gasteiger partial charge on any atom is -0.344 e. The number of hydrogen-bond donors (Lipinski definition) is 1. The van der Waals surface area contributed by atoms with Gasteiger partial charge in [-0.25, -0.2) is 17.6 Å². The summed E-state index contributed by atoms with van der Waals surface area (Å²) in [5, 5.41) is 1.86. The number of nitrogens with zero attached hydrogens (tertiary/aromatic N) is 1. The Hall–Kier alpha value is -3.11. The van der Waals surface area contributed by atoms with Crippen molar-refractivity contribution in [2.45, 2.75) is 12.1 Å².